The number of phenols is 1. The van der Waals surface area contributed by atoms with E-state index < -0.39 is 9.84 Å². The first-order valence-corrected chi connectivity index (χ1v) is 9.44. The van der Waals surface area contributed by atoms with Crippen LogP contribution in [0.2, 0.25) is 15.1 Å². The summed E-state index contributed by atoms with van der Waals surface area (Å²) in [5, 5.41) is 10.2. The minimum absolute atomic E-state index is 0. The Morgan fingerprint density at radius 3 is 2.21 bits per heavy atom. The third-order valence-electron chi connectivity index (χ3n) is 3.32. The van der Waals surface area contributed by atoms with Gasteiger partial charge in [0.15, 0.2) is 15.6 Å². The first kappa shape index (κ1) is 21.2. The van der Waals surface area contributed by atoms with Crippen molar-refractivity contribution in [2.75, 3.05) is 11.5 Å². The van der Waals surface area contributed by atoms with Gasteiger partial charge in [-0.1, -0.05) is 34.8 Å². The van der Waals surface area contributed by atoms with Crippen molar-refractivity contribution in [2.24, 2.45) is 0 Å². The Morgan fingerprint density at radius 1 is 1.04 bits per heavy atom. The van der Waals surface area contributed by atoms with Gasteiger partial charge in [-0.05, 0) is 48.7 Å². The second-order valence-electron chi connectivity index (χ2n) is 4.98. The molecule has 0 saturated carbocycles. The number of halogens is 4. The topological polar surface area (TPSA) is 80.4 Å². The van der Waals surface area contributed by atoms with E-state index in [9.17, 15) is 13.5 Å². The van der Waals surface area contributed by atoms with E-state index in [1.54, 1.807) is 0 Å². The molecule has 0 radical (unpaired) electrons. The summed E-state index contributed by atoms with van der Waals surface area (Å²) in [5.41, 5.74) is 6.33. The summed E-state index contributed by atoms with van der Waals surface area (Å²) in [4.78, 5) is 0.219. The number of phenolic OH excluding ortho intramolecular Hbond substituents is 1. The highest BCUT2D eigenvalue weighted by Crippen LogP contribution is 2.39. The van der Waals surface area contributed by atoms with Crippen LogP contribution in [-0.4, -0.2) is 19.3 Å². The van der Waals surface area contributed by atoms with E-state index in [1.807, 2.05) is 0 Å². The van der Waals surface area contributed by atoms with Crippen molar-refractivity contribution in [1.29, 1.82) is 0 Å². The molecule has 0 aliphatic carbocycles. The van der Waals surface area contributed by atoms with Crippen molar-refractivity contribution in [3.05, 3.63) is 51.0 Å². The highest BCUT2D eigenvalue weighted by atomic mass is 35.5. The number of sulfone groups is 1. The van der Waals surface area contributed by atoms with E-state index in [0.717, 1.165) is 0 Å². The maximum Gasteiger partial charge on any atom is 0.178 e. The van der Waals surface area contributed by atoms with Crippen molar-refractivity contribution in [3.8, 4) is 5.75 Å². The molecule has 9 heteroatoms. The zero-order valence-electron chi connectivity index (χ0n) is 12.3. The van der Waals surface area contributed by atoms with Gasteiger partial charge >= 0.3 is 0 Å². The Kier molecular flexibility index (Phi) is 7.50. The third kappa shape index (κ3) is 4.83. The molecule has 0 heterocycles. The Bertz CT molecular complexity index is 824. The van der Waals surface area contributed by atoms with Gasteiger partial charge in [-0.3, -0.25) is 0 Å². The molecule has 2 rings (SSSR count). The number of aromatic hydroxyl groups is 1. The van der Waals surface area contributed by atoms with Crippen LogP contribution < -0.4 is 5.73 Å². The molecule has 2 aromatic carbocycles. The predicted molar refractivity (Wildman–Crippen MR) is 102 cm³/mol. The standard InChI is InChI=1S/C15H14Cl3NO3S.ClH/c16-10-3-5-11(6-4-10)23(21,22)7-1-2-9-8-12(19)15(20)14(18)13(9)17;/h3-6,8,20H,1-2,7,19H2;1H. The van der Waals surface area contributed by atoms with Crippen molar-refractivity contribution in [3.63, 3.8) is 0 Å². The second-order valence-corrected chi connectivity index (χ2v) is 8.28. The summed E-state index contributed by atoms with van der Waals surface area (Å²) in [6.45, 7) is 0. The lowest BCUT2D eigenvalue weighted by Gasteiger charge is -2.10. The monoisotopic (exact) mass is 429 g/mol. The maximum atomic E-state index is 12.2. The largest absolute Gasteiger partial charge is 0.504 e. The average molecular weight is 431 g/mol. The van der Waals surface area contributed by atoms with Crippen LogP contribution in [0, 0.1) is 0 Å². The molecule has 0 amide bonds. The van der Waals surface area contributed by atoms with Crippen LogP contribution in [0.4, 0.5) is 5.69 Å². The van der Waals surface area contributed by atoms with Crippen molar-refractivity contribution < 1.29 is 13.5 Å². The van der Waals surface area contributed by atoms with Gasteiger partial charge in [-0.2, -0.15) is 0 Å². The summed E-state index contributed by atoms with van der Waals surface area (Å²) in [5.74, 6) is -0.321. The molecule has 0 aliphatic heterocycles. The SMILES string of the molecule is Cl.Nc1cc(CCCS(=O)(=O)c2ccc(Cl)cc2)c(Cl)c(Cl)c1O. The number of anilines is 1. The van der Waals surface area contributed by atoms with Crippen molar-refractivity contribution in [2.45, 2.75) is 17.7 Å². The maximum absolute atomic E-state index is 12.2. The van der Waals surface area contributed by atoms with Gasteiger partial charge in [0, 0.05) is 5.02 Å². The fraction of sp³-hybridized carbons (Fsp3) is 0.200. The molecular formula is C15H15Cl4NO3S. The summed E-state index contributed by atoms with van der Waals surface area (Å²) < 4.78 is 24.5. The third-order valence-corrected chi connectivity index (χ3v) is 6.28. The number of hydrogen-bond donors (Lipinski definition) is 2. The fourth-order valence-electron chi connectivity index (χ4n) is 2.09. The Labute approximate surface area is 161 Å². The van der Waals surface area contributed by atoms with Gasteiger partial charge in [0.1, 0.15) is 5.02 Å². The number of aryl methyl sites for hydroxylation is 1. The highest BCUT2D eigenvalue weighted by Gasteiger charge is 2.16. The van der Waals surface area contributed by atoms with E-state index >= 15 is 0 Å². The smallest absolute Gasteiger partial charge is 0.178 e. The van der Waals surface area contributed by atoms with Gasteiger partial charge in [0.25, 0.3) is 0 Å². The molecular weight excluding hydrogens is 416 g/mol. The minimum atomic E-state index is -3.40. The van der Waals surface area contributed by atoms with Gasteiger partial charge < -0.3 is 10.8 Å². The Morgan fingerprint density at radius 2 is 1.62 bits per heavy atom. The number of nitrogen functional groups attached to an aromatic ring is 1. The van der Waals surface area contributed by atoms with Crippen molar-refractivity contribution >= 4 is 62.7 Å². The molecule has 2 aromatic rings. The minimum Gasteiger partial charge on any atom is -0.504 e. The van der Waals surface area contributed by atoms with Crippen LogP contribution in [0.15, 0.2) is 35.2 Å². The lowest BCUT2D eigenvalue weighted by Crippen LogP contribution is -2.08. The molecule has 0 spiro atoms. The quantitative estimate of drug-likeness (QED) is 0.529. The number of hydrogen-bond acceptors (Lipinski definition) is 4. The Hall–Kier alpha value is -0.850. The second kappa shape index (κ2) is 8.50. The molecule has 0 fully saturated rings. The number of nitrogens with two attached hydrogens (primary N) is 1. The number of benzene rings is 2. The summed E-state index contributed by atoms with van der Waals surface area (Å²) in [6, 6.07) is 7.51. The van der Waals surface area contributed by atoms with Crippen LogP contribution >= 0.6 is 47.2 Å². The van der Waals surface area contributed by atoms with Crippen LogP contribution in [-0.2, 0) is 16.3 Å². The predicted octanol–water partition coefficient (Wildman–Crippen LogP) is 4.76. The van der Waals surface area contributed by atoms with Gasteiger partial charge in [-0.25, -0.2) is 8.42 Å². The fourth-order valence-corrected chi connectivity index (χ4v) is 3.99. The van der Waals surface area contributed by atoms with Crippen LogP contribution in [0.5, 0.6) is 5.75 Å². The molecule has 24 heavy (non-hydrogen) atoms. The zero-order chi connectivity index (χ0) is 17.2. The van der Waals surface area contributed by atoms with Gasteiger partial charge in [0.2, 0.25) is 0 Å². The molecule has 0 aromatic heterocycles. The average Bonchev–Trinajstić information content (AvgIpc) is 2.50. The molecule has 0 aliphatic rings. The van der Waals surface area contributed by atoms with E-state index in [0.29, 0.717) is 23.4 Å². The summed E-state index contributed by atoms with van der Waals surface area (Å²) >= 11 is 17.7. The normalized spacial score (nSPS) is 11.1. The molecule has 132 valence electrons. The first-order chi connectivity index (χ1) is 10.7. The molecule has 0 bridgehead atoms. The lowest BCUT2D eigenvalue weighted by molar-refractivity contribution is 0.478. The first-order valence-electron chi connectivity index (χ1n) is 6.66. The molecule has 0 atom stereocenters. The summed E-state index contributed by atoms with van der Waals surface area (Å²) in [7, 11) is -3.40. The zero-order valence-corrected chi connectivity index (χ0v) is 16.2. The van der Waals surface area contributed by atoms with Crippen LogP contribution in [0.1, 0.15) is 12.0 Å². The van der Waals surface area contributed by atoms with Crippen LogP contribution in [0.25, 0.3) is 0 Å². The molecule has 3 N–H and O–H groups in total. The van der Waals surface area contributed by atoms with E-state index in [-0.39, 0.29) is 44.5 Å². The van der Waals surface area contributed by atoms with E-state index in [4.69, 9.17) is 40.5 Å². The lowest BCUT2D eigenvalue weighted by atomic mass is 10.1. The Balaban J connectivity index is 0.00000288. The van der Waals surface area contributed by atoms with E-state index in [1.165, 1.54) is 30.3 Å². The van der Waals surface area contributed by atoms with Crippen molar-refractivity contribution in [1.82, 2.24) is 0 Å². The van der Waals surface area contributed by atoms with Gasteiger partial charge in [-0.15, -0.1) is 12.4 Å². The van der Waals surface area contributed by atoms with Crippen LogP contribution in [0.3, 0.4) is 0 Å². The van der Waals surface area contributed by atoms with Gasteiger partial charge in [0.05, 0.1) is 21.4 Å². The molecule has 4 nitrogen and oxygen atoms in total. The molecule has 0 saturated heterocycles. The highest BCUT2D eigenvalue weighted by molar-refractivity contribution is 7.91. The number of rotatable bonds is 5. The van der Waals surface area contributed by atoms with E-state index in [2.05, 4.69) is 0 Å². The summed E-state index contributed by atoms with van der Waals surface area (Å²) in [6.07, 6.45) is 0.709. The molecule has 0 unspecified atom stereocenters.